The molecule has 84 valence electrons. The van der Waals surface area contributed by atoms with Gasteiger partial charge in [-0.05, 0) is 20.3 Å². The largest absolute Gasteiger partial charge is 0.481 e. The number of carboxylic acids is 1. The van der Waals surface area contributed by atoms with Gasteiger partial charge in [0.1, 0.15) is 0 Å². The van der Waals surface area contributed by atoms with E-state index in [4.69, 9.17) is 5.11 Å². The molecule has 0 saturated heterocycles. The average molecular weight is 223 g/mol. The Morgan fingerprint density at radius 2 is 1.93 bits per heavy atom. The SMILES string of the molecule is CC(C)N(CCCC(=O)O)S(C)(=O)=O. The van der Waals surface area contributed by atoms with Crippen LogP contribution >= 0.6 is 0 Å². The van der Waals surface area contributed by atoms with Gasteiger partial charge in [-0.2, -0.15) is 4.31 Å². The second-order valence-electron chi connectivity index (χ2n) is 3.46. The highest BCUT2D eigenvalue weighted by Crippen LogP contribution is 2.06. The molecule has 0 bridgehead atoms. The second-order valence-corrected chi connectivity index (χ2v) is 5.40. The van der Waals surface area contributed by atoms with Crippen LogP contribution in [0.3, 0.4) is 0 Å². The predicted octanol–water partition coefficient (Wildman–Crippen LogP) is 0.521. The summed E-state index contributed by atoms with van der Waals surface area (Å²) in [6, 6.07) is -0.126. The highest BCUT2D eigenvalue weighted by molar-refractivity contribution is 7.88. The maximum absolute atomic E-state index is 11.2. The third kappa shape index (κ3) is 5.18. The number of hydrogen-bond acceptors (Lipinski definition) is 3. The Hall–Kier alpha value is -0.620. The Kier molecular flexibility index (Phi) is 5.07. The molecule has 0 saturated carbocycles. The lowest BCUT2D eigenvalue weighted by Crippen LogP contribution is -2.37. The van der Waals surface area contributed by atoms with Gasteiger partial charge in [0.2, 0.25) is 10.0 Å². The van der Waals surface area contributed by atoms with Crippen molar-refractivity contribution in [1.29, 1.82) is 0 Å². The predicted molar refractivity (Wildman–Crippen MR) is 53.6 cm³/mol. The van der Waals surface area contributed by atoms with Crippen LogP contribution in [-0.4, -0.2) is 42.6 Å². The summed E-state index contributed by atoms with van der Waals surface area (Å²) in [5.41, 5.74) is 0. The summed E-state index contributed by atoms with van der Waals surface area (Å²) >= 11 is 0. The minimum Gasteiger partial charge on any atom is -0.481 e. The monoisotopic (exact) mass is 223 g/mol. The Morgan fingerprint density at radius 1 is 1.43 bits per heavy atom. The third-order valence-corrected chi connectivity index (χ3v) is 3.23. The van der Waals surface area contributed by atoms with Gasteiger partial charge in [-0.25, -0.2) is 8.42 Å². The topological polar surface area (TPSA) is 74.7 Å². The molecule has 0 rings (SSSR count). The van der Waals surface area contributed by atoms with Crippen molar-refractivity contribution in [2.24, 2.45) is 0 Å². The first kappa shape index (κ1) is 13.4. The van der Waals surface area contributed by atoms with Gasteiger partial charge in [0.15, 0.2) is 0 Å². The molecule has 6 heteroatoms. The van der Waals surface area contributed by atoms with Crippen molar-refractivity contribution in [3.8, 4) is 0 Å². The van der Waals surface area contributed by atoms with E-state index in [0.29, 0.717) is 6.42 Å². The van der Waals surface area contributed by atoms with Crippen molar-refractivity contribution in [3.05, 3.63) is 0 Å². The van der Waals surface area contributed by atoms with Crippen molar-refractivity contribution in [1.82, 2.24) is 4.31 Å². The molecule has 0 unspecified atom stereocenters. The van der Waals surface area contributed by atoms with Gasteiger partial charge < -0.3 is 5.11 Å². The first-order chi connectivity index (χ1) is 6.25. The Morgan fingerprint density at radius 3 is 2.21 bits per heavy atom. The first-order valence-electron chi connectivity index (χ1n) is 4.43. The van der Waals surface area contributed by atoms with E-state index >= 15 is 0 Å². The number of aliphatic carboxylic acids is 1. The van der Waals surface area contributed by atoms with E-state index in [0.717, 1.165) is 6.26 Å². The van der Waals surface area contributed by atoms with Gasteiger partial charge in [0.25, 0.3) is 0 Å². The van der Waals surface area contributed by atoms with Crippen LogP contribution in [0.2, 0.25) is 0 Å². The van der Waals surface area contributed by atoms with Crippen LogP contribution in [0.15, 0.2) is 0 Å². The third-order valence-electron chi connectivity index (χ3n) is 1.77. The molecule has 0 aliphatic rings. The normalized spacial score (nSPS) is 12.4. The summed E-state index contributed by atoms with van der Waals surface area (Å²) in [5.74, 6) is -0.901. The Balaban J connectivity index is 4.20. The summed E-state index contributed by atoms with van der Waals surface area (Å²) < 4.78 is 23.8. The molecule has 0 atom stereocenters. The van der Waals surface area contributed by atoms with E-state index in [-0.39, 0.29) is 19.0 Å². The zero-order valence-electron chi connectivity index (χ0n) is 8.73. The highest BCUT2D eigenvalue weighted by Gasteiger charge is 2.19. The Bertz CT molecular complexity index is 284. The van der Waals surface area contributed by atoms with Crippen molar-refractivity contribution in [2.45, 2.75) is 32.7 Å². The molecule has 0 fully saturated rings. The van der Waals surface area contributed by atoms with Crippen LogP contribution in [-0.2, 0) is 14.8 Å². The molecule has 0 aliphatic heterocycles. The Labute approximate surface area is 84.8 Å². The fourth-order valence-electron chi connectivity index (χ4n) is 1.19. The quantitative estimate of drug-likeness (QED) is 0.712. The fourth-order valence-corrected chi connectivity index (χ4v) is 2.42. The van der Waals surface area contributed by atoms with E-state index in [1.54, 1.807) is 13.8 Å². The lowest BCUT2D eigenvalue weighted by Gasteiger charge is -2.23. The number of hydrogen-bond donors (Lipinski definition) is 1. The fraction of sp³-hybridized carbons (Fsp3) is 0.875. The molecular weight excluding hydrogens is 206 g/mol. The van der Waals surface area contributed by atoms with Gasteiger partial charge >= 0.3 is 5.97 Å². The molecular formula is C8H17NO4S. The smallest absolute Gasteiger partial charge is 0.303 e. The molecule has 0 aromatic carbocycles. The lowest BCUT2D eigenvalue weighted by molar-refractivity contribution is -0.137. The molecule has 0 radical (unpaired) electrons. The van der Waals surface area contributed by atoms with Gasteiger partial charge in [0.05, 0.1) is 6.26 Å². The maximum Gasteiger partial charge on any atom is 0.303 e. The summed E-state index contributed by atoms with van der Waals surface area (Å²) in [6.45, 7) is 3.80. The zero-order valence-corrected chi connectivity index (χ0v) is 9.54. The average Bonchev–Trinajstić information content (AvgIpc) is 1.94. The van der Waals surface area contributed by atoms with Gasteiger partial charge in [-0.3, -0.25) is 4.79 Å². The summed E-state index contributed by atoms with van der Waals surface area (Å²) in [6.07, 6.45) is 1.48. The minimum absolute atomic E-state index is 0.00125. The van der Waals surface area contributed by atoms with Crippen molar-refractivity contribution in [3.63, 3.8) is 0 Å². The van der Waals surface area contributed by atoms with E-state index < -0.39 is 16.0 Å². The second kappa shape index (κ2) is 5.31. The molecule has 0 aromatic heterocycles. The van der Waals surface area contributed by atoms with Crippen molar-refractivity contribution >= 4 is 16.0 Å². The van der Waals surface area contributed by atoms with E-state index in [1.165, 1.54) is 4.31 Å². The highest BCUT2D eigenvalue weighted by atomic mass is 32.2. The molecule has 14 heavy (non-hydrogen) atoms. The van der Waals surface area contributed by atoms with Crippen LogP contribution in [0.25, 0.3) is 0 Å². The molecule has 0 spiro atoms. The molecule has 5 nitrogen and oxygen atoms in total. The van der Waals surface area contributed by atoms with Crippen molar-refractivity contribution < 1.29 is 18.3 Å². The van der Waals surface area contributed by atoms with Gasteiger partial charge in [-0.1, -0.05) is 0 Å². The number of carboxylic acid groups (broad SMARTS) is 1. The van der Waals surface area contributed by atoms with Crippen LogP contribution in [0.1, 0.15) is 26.7 Å². The minimum atomic E-state index is -3.22. The molecule has 0 aromatic rings. The van der Waals surface area contributed by atoms with Crippen LogP contribution in [0, 0.1) is 0 Å². The summed E-state index contributed by atoms with van der Waals surface area (Å²) in [4.78, 5) is 10.2. The van der Waals surface area contributed by atoms with E-state index in [9.17, 15) is 13.2 Å². The summed E-state index contributed by atoms with van der Waals surface area (Å²) in [5, 5.41) is 8.40. The van der Waals surface area contributed by atoms with Crippen LogP contribution < -0.4 is 0 Å². The molecule has 1 N–H and O–H groups in total. The van der Waals surface area contributed by atoms with Gasteiger partial charge in [0, 0.05) is 19.0 Å². The molecule has 0 heterocycles. The van der Waals surface area contributed by atoms with Crippen LogP contribution in [0.4, 0.5) is 0 Å². The van der Waals surface area contributed by atoms with Crippen molar-refractivity contribution in [2.75, 3.05) is 12.8 Å². The number of nitrogens with zero attached hydrogens (tertiary/aromatic N) is 1. The van der Waals surface area contributed by atoms with Gasteiger partial charge in [-0.15, -0.1) is 0 Å². The van der Waals surface area contributed by atoms with Crippen LogP contribution in [0.5, 0.6) is 0 Å². The number of sulfonamides is 1. The standard InChI is InChI=1S/C8H17NO4S/c1-7(2)9(14(3,12)13)6-4-5-8(10)11/h7H,4-6H2,1-3H3,(H,10,11). The molecule has 0 amide bonds. The van der Waals surface area contributed by atoms with E-state index in [1.807, 2.05) is 0 Å². The number of rotatable bonds is 6. The summed E-state index contributed by atoms with van der Waals surface area (Å²) in [7, 11) is -3.22. The first-order valence-corrected chi connectivity index (χ1v) is 6.28. The molecule has 0 aliphatic carbocycles. The van der Waals surface area contributed by atoms with E-state index in [2.05, 4.69) is 0 Å². The maximum atomic E-state index is 11.2. The lowest BCUT2D eigenvalue weighted by atomic mass is 10.3. The number of carbonyl (C=O) groups is 1. The zero-order chi connectivity index (χ0) is 11.4.